The number of rotatable bonds is 8. The fourth-order valence-electron chi connectivity index (χ4n) is 3.49. The lowest BCUT2D eigenvalue weighted by Gasteiger charge is -2.21. The predicted molar refractivity (Wildman–Crippen MR) is 131 cm³/mol. The molecular formula is C25H36N4O2. The number of nitrogens with one attached hydrogen (secondary N) is 3. The van der Waals surface area contributed by atoms with Gasteiger partial charge in [0.25, 0.3) is 5.91 Å². The summed E-state index contributed by atoms with van der Waals surface area (Å²) >= 11 is 0. The SMILES string of the molecule is CCCNC(=O)c1cc(NC(=O)Nc2c(C(C)C)cccc2C(C)C)ccc1N(C)C. The van der Waals surface area contributed by atoms with Gasteiger partial charge in [0, 0.05) is 37.7 Å². The molecule has 0 atom stereocenters. The van der Waals surface area contributed by atoms with E-state index in [-0.39, 0.29) is 23.8 Å². The number of carbonyl (C=O) groups excluding carboxylic acids is 2. The van der Waals surface area contributed by atoms with Crippen LogP contribution in [0.25, 0.3) is 0 Å². The van der Waals surface area contributed by atoms with E-state index in [1.807, 2.05) is 56.3 Å². The minimum absolute atomic E-state index is 0.151. The van der Waals surface area contributed by atoms with Gasteiger partial charge in [-0.15, -0.1) is 0 Å². The Morgan fingerprint density at radius 2 is 1.55 bits per heavy atom. The maximum absolute atomic E-state index is 12.9. The van der Waals surface area contributed by atoms with Crippen molar-refractivity contribution >= 4 is 29.0 Å². The minimum atomic E-state index is -0.326. The molecule has 0 spiro atoms. The standard InChI is InChI=1S/C25H36N4O2/c1-8-14-26-24(30)21-15-18(12-13-22(21)29(6)7)27-25(31)28-23-19(16(2)3)10-9-11-20(23)17(4)5/h9-13,15-17H,8,14H2,1-7H3,(H,26,30)(H2,27,28,31). The number of nitrogens with zero attached hydrogens (tertiary/aromatic N) is 1. The molecule has 6 heteroatoms. The van der Waals surface area contributed by atoms with Crippen LogP contribution in [0.15, 0.2) is 36.4 Å². The monoisotopic (exact) mass is 424 g/mol. The molecule has 3 amide bonds. The van der Waals surface area contributed by atoms with E-state index in [4.69, 9.17) is 0 Å². The summed E-state index contributed by atoms with van der Waals surface area (Å²) in [5.41, 5.74) is 4.95. The van der Waals surface area contributed by atoms with E-state index >= 15 is 0 Å². The van der Waals surface area contributed by atoms with Crippen LogP contribution in [0.3, 0.4) is 0 Å². The quantitative estimate of drug-likeness (QED) is 0.503. The Morgan fingerprint density at radius 3 is 2.06 bits per heavy atom. The van der Waals surface area contributed by atoms with Crippen molar-refractivity contribution in [3.05, 3.63) is 53.1 Å². The van der Waals surface area contributed by atoms with Gasteiger partial charge in [-0.05, 0) is 47.6 Å². The molecular weight excluding hydrogens is 388 g/mol. The first kappa shape index (κ1) is 24.3. The number of hydrogen-bond donors (Lipinski definition) is 3. The van der Waals surface area contributed by atoms with Crippen LogP contribution in [0.2, 0.25) is 0 Å². The lowest BCUT2D eigenvalue weighted by atomic mass is 9.93. The highest BCUT2D eigenvalue weighted by Gasteiger charge is 2.18. The number of urea groups is 1. The van der Waals surface area contributed by atoms with Crippen LogP contribution < -0.4 is 20.9 Å². The molecule has 0 aliphatic rings. The van der Waals surface area contributed by atoms with Gasteiger partial charge >= 0.3 is 6.03 Å². The first-order chi connectivity index (χ1) is 14.6. The maximum atomic E-state index is 12.9. The lowest BCUT2D eigenvalue weighted by molar-refractivity contribution is 0.0954. The summed E-state index contributed by atoms with van der Waals surface area (Å²) < 4.78 is 0. The Morgan fingerprint density at radius 1 is 0.935 bits per heavy atom. The molecule has 0 unspecified atom stereocenters. The summed E-state index contributed by atoms with van der Waals surface area (Å²) in [6, 6.07) is 11.2. The van der Waals surface area contributed by atoms with Crippen LogP contribution in [0, 0.1) is 0 Å². The van der Waals surface area contributed by atoms with Crippen LogP contribution in [-0.4, -0.2) is 32.6 Å². The van der Waals surface area contributed by atoms with Crippen molar-refractivity contribution in [2.45, 2.75) is 52.9 Å². The highest BCUT2D eigenvalue weighted by Crippen LogP contribution is 2.32. The summed E-state index contributed by atoms with van der Waals surface area (Å²) in [5.74, 6) is 0.409. The molecule has 168 valence electrons. The van der Waals surface area contributed by atoms with Gasteiger partial charge in [0.1, 0.15) is 0 Å². The smallest absolute Gasteiger partial charge is 0.323 e. The Bertz CT molecular complexity index is 893. The van der Waals surface area contributed by atoms with Crippen LogP contribution in [-0.2, 0) is 0 Å². The van der Waals surface area contributed by atoms with Gasteiger partial charge in [0.05, 0.1) is 5.56 Å². The molecule has 3 N–H and O–H groups in total. The molecule has 2 aromatic carbocycles. The fraction of sp³-hybridized carbons (Fsp3) is 0.440. The predicted octanol–water partition coefficient (Wildman–Crippen LogP) is 5.78. The number of carbonyl (C=O) groups is 2. The van der Waals surface area contributed by atoms with Gasteiger partial charge in [0.15, 0.2) is 0 Å². The van der Waals surface area contributed by atoms with E-state index in [0.29, 0.717) is 17.8 Å². The molecule has 0 aliphatic heterocycles. The highest BCUT2D eigenvalue weighted by atomic mass is 16.2. The van der Waals surface area contributed by atoms with E-state index in [1.165, 1.54) is 0 Å². The van der Waals surface area contributed by atoms with Crippen molar-refractivity contribution in [1.29, 1.82) is 0 Å². The van der Waals surface area contributed by atoms with E-state index in [2.05, 4.69) is 43.6 Å². The highest BCUT2D eigenvalue weighted by molar-refractivity contribution is 6.04. The van der Waals surface area contributed by atoms with Crippen LogP contribution in [0.1, 0.15) is 74.4 Å². The second-order valence-corrected chi connectivity index (χ2v) is 8.58. The molecule has 0 saturated carbocycles. The molecule has 2 rings (SSSR count). The van der Waals surface area contributed by atoms with Crippen LogP contribution in [0.5, 0.6) is 0 Å². The van der Waals surface area contributed by atoms with Gasteiger partial charge in [-0.2, -0.15) is 0 Å². The molecule has 0 aromatic heterocycles. The fourth-order valence-corrected chi connectivity index (χ4v) is 3.49. The molecule has 0 fully saturated rings. The van der Waals surface area contributed by atoms with Gasteiger partial charge in [-0.3, -0.25) is 4.79 Å². The van der Waals surface area contributed by atoms with Gasteiger partial charge in [-0.1, -0.05) is 52.8 Å². The van der Waals surface area contributed by atoms with Crippen molar-refractivity contribution < 1.29 is 9.59 Å². The summed E-state index contributed by atoms with van der Waals surface area (Å²) in [5, 5.41) is 8.85. The third-order valence-electron chi connectivity index (χ3n) is 5.13. The number of benzene rings is 2. The summed E-state index contributed by atoms with van der Waals surface area (Å²) in [6.07, 6.45) is 0.858. The van der Waals surface area contributed by atoms with Gasteiger partial charge in [0.2, 0.25) is 0 Å². The molecule has 0 radical (unpaired) electrons. The Balaban J connectivity index is 2.30. The van der Waals surface area contributed by atoms with Crippen LogP contribution >= 0.6 is 0 Å². The molecule has 2 aromatic rings. The zero-order chi connectivity index (χ0) is 23.1. The molecule has 31 heavy (non-hydrogen) atoms. The Hall–Kier alpha value is -3.02. The number of para-hydroxylation sites is 1. The van der Waals surface area contributed by atoms with E-state index in [1.54, 1.807) is 6.07 Å². The molecule has 0 bridgehead atoms. The first-order valence-electron chi connectivity index (χ1n) is 11.0. The largest absolute Gasteiger partial charge is 0.377 e. The van der Waals surface area contributed by atoms with Gasteiger partial charge < -0.3 is 20.9 Å². The average molecular weight is 425 g/mol. The molecule has 0 aliphatic carbocycles. The Labute approximate surface area is 186 Å². The van der Waals surface area contributed by atoms with E-state index in [9.17, 15) is 9.59 Å². The summed E-state index contributed by atoms with van der Waals surface area (Å²) in [4.78, 5) is 27.4. The third-order valence-corrected chi connectivity index (χ3v) is 5.13. The second-order valence-electron chi connectivity index (χ2n) is 8.58. The normalized spacial score (nSPS) is 10.9. The zero-order valence-electron chi connectivity index (χ0n) is 19.8. The van der Waals surface area contributed by atoms with Crippen molar-refractivity contribution in [3.63, 3.8) is 0 Å². The van der Waals surface area contributed by atoms with Crippen molar-refractivity contribution in [3.8, 4) is 0 Å². The molecule has 0 heterocycles. The number of hydrogen-bond acceptors (Lipinski definition) is 3. The summed E-state index contributed by atoms with van der Waals surface area (Å²) in [7, 11) is 3.78. The minimum Gasteiger partial charge on any atom is -0.377 e. The topological polar surface area (TPSA) is 73.5 Å². The maximum Gasteiger partial charge on any atom is 0.323 e. The zero-order valence-corrected chi connectivity index (χ0v) is 19.8. The molecule has 6 nitrogen and oxygen atoms in total. The molecule has 0 saturated heterocycles. The van der Waals surface area contributed by atoms with Crippen molar-refractivity contribution in [2.24, 2.45) is 0 Å². The van der Waals surface area contributed by atoms with Crippen LogP contribution in [0.4, 0.5) is 21.9 Å². The first-order valence-corrected chi connectivity index (χ1v) is 11.0. The summed E-state index contributed by atoms with van der Waals surface area (Å²) in [6.45, 7) is 11.1. The number of anilines is 3. The van der Waals surface area contributed by atoms with E-state index in [0.717, 1.165) is 28.9 Å². The van der Waals surface area contributed by atoms with Gasteiger partial charge in [-0.25, -0.2) is 4.79 Å². The lowest BCUT2D eigenvalue weighted by Crippen LogP contribution is -2.27. The number of amides is 3. The van der Waals surface area contributed by atoms with E-state index < -0.39 is 0 Å². The Kier molecular flexibility index (Phi) is 8.48. The van der Waals surface area contributed by atoms with Crippen molar-refractivity contribution in [1.82, 2.24) is 5.32 Å². The average Bonchev–Trinajstić information content (AvgIpc) is 2.71. The third kappa shape index (κ3) is 6.23. The second kappa shape index (κ2) is 10.8. The van der Waals surface area contributed by atoms with Crippen molar-refractivity contribution in [2.75, 3.05) is 36.2 Å².